The summed E-state index contributed by atoms with van der Waals surface area (Å²) in [5.41, 5.74) is 0. The summed E-state index contributed by atoms with van der Waals surface area (Å²) in [7, 11) is 4.26. The summed E-state index contributed by atoms with van der Waals surface area (Å²) >= 11 is 1.87. The van der Waals surface area contributed by atoms with Crippen molar-refractivity contribution in [1.82, 2.24) is 10.2 Å². The van der Waals surface area contributed by atoms with Crippen LogP contribution in [0.5, 0.6) is 0 Å². The average molecular weight is 254 g/mol. The predicted octanol–water partition coefficient (Wildman–Crippen LogP) is 3.00. The number of thiophene rings is 1. The molecule has 1 N–H and O–H groups in total. The molecular formula is C14H26N2S. The van der Waals surface area contributed by atoms with Crippen molar-refractivity contribution in [2.45, 2.75) is 32.1 Å². The molecule has 98 valence electrons. The number of nitrogens with zero attached hydrogens (tertiary/aromatic N) is 1. The smallest absolute Gasteiger partial charge is 0.00579 e. The fraction of sp³-hybridized carbons (Fsp3) is 0.714. The lowest BCUT2D eigenvalue weighted by Gasteiger charge is -2.15. The van der Waals surface area contributed by atoms with E-state index in [2.05, 4.69) is 34.8 Å². The first-order chi connectivity index (χ1) is 8.33. The Bertz CT molecular complexity index is 259. The van der Waals surface area contributed by atoms with E-state index in [1.54, 1.807) is 0 Å². The number of rotatable bonds is 10. The maximum Gasteiger partial charge on any atom is 0.00579 e. The van der Waals surface area contributed by atoms with Crippen LogP contribution in [0.15, 0.2) is 17.5 Å². The van der Waals surface area contributed by atoms with Crippen LogP contribution < -0.4 is 5.32 Å². The number of likely N-dealkylation sites (N-methyl/N-ethyl adjacent to an activating group) is 1. The summed E-state index contributed by atoms with van der Waals surface area (Å²) in [5, 5.41) is 5.36. The van der Waals surface area contributed by atoms with E-state index in [1.807, 2.05) is 18.4 Å². The van der Waals surface area contributed by atoms with Crippen LogP contribution in [0.1, 0.15) is 30.6 Å². The quantitative estimate of drug-likeness (QED) is 0.646. The molecule has 0 fully saturated rings. The van der Waals surface area contributed by atoms with Crippen LogP contribution >= 0.6 is 11.3 Å². The van der Waals surface area contributed by atoms with Crippen LogP contribution in [0.2, 0.25) is 0 Å². The van der Waals surface area contributed by atoms with E-state index >= 15 is 0 Å². The molecule has 1 heterocycles. The van der Waals surface area contributed by atoms with Gasteiger partial charge in [0.15, 0.2) is 0 Å². The van der Waals surface area contributed by atoms with Crippen molar-refractivity contribution < 1.29 is 0 Å². The van der Waals surface area contributed by atoms with E-state index in [0.717, 1.165) is 6.54 Å². The third-order valence-corrected chi connectivity index (χ3v) is 3.97. The summed E-state index contributed by atoms with van der Waals surface area (Å²) in [5.74, 6) is 0. The molecule has 0 atom stereocenters. The minimum Gasteiger partial charge on any atom is -0.320 e. The number of hydrogen-bond acceptors (Lipinski definition) is 3. The molecule has 0 saturated heterocycles. The Morgan fingerprint density at radius 1 is 1.18 bits per heavy atom. The van der Waals surface area contributed by atoms with Gasteiger partial charge in [0.25, 0.3) is 0 Å². The first-order valence-corrected chi connectivity index (χ1v) is 7.56. The SMILES string of the molecule is CNCCCCCCN(C)CCc1cccs1. The highest BCUT2D eigenvalue weighted by Crippen LogP contribution is 2.09. The second-order valence-electron chi connectivity index (χ2n) is 4.65. The Kier molecular flexibility index (Phi) is 8.32. The molecule has 1 rings (SSSR count). The van der Waals surface area contributed by atoms with Gasteiger partial charge in [-0.1, -0.05) is 18.9 Å². The maximum atomic E-state index is 3.19. The Morgan fingerprint density at radius 2 is 2.00 bits per heavy atom. The molecule has 0 bridgehead atoms. The van der Waals surface area contributed by atoms with Crippen LogP contribution in [0, 0.1) is 0 Å². The van der Waals surface area contributed by atoms with Crippen molar-refractivity contribution in [3.05, 3.63) is 22.4 Å². The van der Waals surface area contributed by atoms with Crippen molar-refractivity contribution in [1.29, 1.82) is 0 Å². The fourth-order valence-corrected chi connectivity index (χ4v) is 2.60. The molecular weight excluding hydrogens is 228 g/mol. The summed E-state index contributed by atoms with van der Waals surface area (Å²) in [4.78, 5) is 3.96. The molecule has 0 aliphatic rings. The molecule has 0 amide bonds. The summed E-state index contributed by atoms with van der Waals surface area (Å²) in [6.45, 7) is 3.59. The van der Waals surface area contributed by atoms with Crippen molar-refractivity contribution >= 4 is 11.3 Å². The minimum atomic E-state index is 1.16. The number of nitrogens with one attached hydrogen (secondary N) is 1. The van der Waals surface area contributed by atoms with Gasteiger partial charge in [-0.15, -0.1) is 11.3 Å². The molecule has 0 aliphatic heterocycles. The normalized spacial score (nSPS) is 11.2. The van der Waals surface area contributed by atoms with Gasteiger partial charge >= 0.3 is 0 Å². The molecule has 0 spiro atoms. The summed E-state index contributed by atoms with van der Waals surface area (Å²) in [6.07, 6.45) is 6.58. The van der Waals surface area contributed by atoms with Gasteiger partial charge in [0.1, 0.15) is 0 Å². The van der Waals surface area contributed by atoms with Crippen molar-refractivity contribution in [2.75, 3.05) is 33.7 Å². The van der Waals surface area contributed by atoms with Gasteiger partial charge in [-0.25, -0.2) is 0 Å². The van der Waals surface area contributed by atoms with Crippen LogP contribution in [0.25, 0.3) is 0 Å². The van der Waals surface area contributed by atoms with Crippen molar-refractivity contribution in [3.63, 3.8) is 0 Å². The van der Waals surface area contributed by atoms with E-state index in [4.69, 9.17) is 0 Å². The van der Waals surface area contributed by atoms with E-state index in [1.165, 1.54) is 50.1 Å². The van der Waals surface area contributed by atoms with Crippen molar-refractivity contribution in [2.24, 2.45) is 0 Å². The van der Waals surface area contributed by atoms with Gasteiger partial charge in [0.05, 0.1) is 0 Å². The molecule has 0 aliphatic carbocycles. The molecule has 17 heavy (non-hydrogen) atoms. The minimum absolute atomic E-state index is 1.16. The van der Waals surface area contributed by atoms with Crippen LogP contribution in [0.4, 0.5) is 0 Å². The Hall–Kier alpha value is -0.380. The highest BCUT2D eigenvalue weighted by Gasteiger charge is 2.00. The molecule has 2 nitrogen and oxygen atoms in total. The topological polar surface area (TPSA) is 15.3 Å². The maximum absolute atomic E-state index is 3.19. The zero-order valence-corrected chi connectivity index (χ0v) is 12.1. The highest BCUT2D eigenvalue weighted by molar-refractivity contribution is 7.09. The van der Waals surface area contributed by atoms with Gasteiger partial charge in [-0.3, -0.25) is 0 Å². The summed E-state index contributed by atoms with van der Waals surface area (Å²) in [6, 6.07) is 4.37. The molecule has 0 aromatic carbocycles. The van der Waals surface area contributed by atoms with Gasteiger partial charge in [0, 0.05) is 11.4 Å². The Balaban J connectivity index is 1.92. The first-order valence-electron chi connectivity index (χ1n) is 6.68. The highest BCUT2D eigenvalue weighted by atomic mass is 32.1. The van der Waals surface area contributed by atoms with Crippen LogP contribution in [-0.2, 0) is 6.42 Å². The fourth-order valence-electron chi connectivity index (χ4n) is 1.90. The number of unbranched alkanes of at least 4 members (excludes halogenated alkanes) is 3. The Morgan fingerprint density at radius 3 is 2.71 bits per heavy atom. The van der Waals surface area contributed by atoms with E-state index in [-0.39, 0.29) is 0 Å². The predicted molar refractivity (Wildman–Crippen MR) is 77.9 cm³/mol. The monoisotopic (exact) mass is 254 g/mol. The molecule has 0 radical (unpaired) electrons. The molecule has 1 aromatic rings. The zero-order chi connectivity index (χ0) is 12.3. The first kappa shape index (κ1) is 14.7. The standard InChI is InChI=1S/C14H26N2S/c1-15-10-5-3-4-6-11-16(2)12-9-14-8-7-13-17-14/h7-8,13,15H,3-6,9-12H2,1-2H3. The number of hydrogen-bond donors (Lipinski definition) is 1. The van der Waals surface area contributed by atoms with Crippen molar-refractivity contribution in [3.8, 4) is 0 Å². The second kappa shape index (κ2) is 9.63. The van der Waals surface area contributed by atoms with Crippen LogP contribution in [0.3, 0.4) is 0 Å². The molecule has 0 unspecified atom stereocenters. The average Bonchev–Trinajstić information content (AvgIpc) is 2.84. The lowest BCUT2D eigenvalue weighted by atomic mass is 10.2. The van der Waals surface area contributed by atoms with Gasteiger partial charge in [0.2, 0.25) is 0 Å². The third kappa shape index (κ3) is 7.53. The molecule has 1 aromatic heterocycles. The zero-order valence-electron chi connectivity index (χ0n) is 11.2. The summed E-state index contributed by atoms with van der Waals surface area (Å²) < 4.78 is 0. The lowest BCUT2D eigenvalue weighted by molar-refractivity contribution is 0.328. The van der Waals surface area contributed by atoms with Gasteiger partial charge < -0.3 is 10.2 Å². The Labute approximate surface area is 110 Å². The van der Waals surface area contributed by atoms with E-state index < -0.39 is 0 Å². The van der Waals surface area contributed by atoms with Crippen LogP contribution in [-0.4, -0.2) is 38.6 Å². The van der Waals surface area contributed by atoms with E-state index in [0.29, 0.717) is 0 Å². The lowest BCUT2D eigenvalue weighted by Crippen LogP contribution is -2.22. The molecule has 3 heteroatoms. The largest absolute Gasteiger partial charge is 0.320 e. The third-order valence-electron chi connectivity index (χ3n) is 3.04. The second-order valence-corrected chi connectivity index (χ2v) is 5.68. The van der Waals surface area contributed by atoms with Gasteiger partial charge in [-0.05, 0) is 57.9 Å². The molecule has 0 saturated carbocycles. The van der Waals surface area contributed by atoms with Gasteiger partial charge in [-0.2, -0.15) is 0 Å². The van der Waals surface area contributed by atoms with E-state index in [9.17, 15) is 0 Å².